The van der Waals surface area contributed by atoms with Crippen LogP contribution in [-0.4, -0.2) is 27.7 Å². The summed E-state index contributed by atoms with van der Waals surface area (Å²) in [7, 11) is -2.91. The number of rotatable bonds is 6. The Morgan fingerprint density at radius 3 is 2.44 bits per heavy atom. The van der Waals surface area contributed by atoms with Crippen molar-refractivity contribution in [3.05, 3.63) is 28.8 Å². The summed E-state index contributed by atoms with van der Waals surface area (Å²) < 4.78 is 67.2. The molecule has 0 N–H and O–H groups in total. The van der Waals surface area contributed by atoms with E-state index in [-0.39, 0.29) is 10.7 Å². The average molecular weight is 378 g/mol. The van der Waals surface area contributed by atoms with Crippen molar-refractivity contribution in [1.29, 1.82) is 0 Å². The third-order valence-corrected chi connectivity index (χ3v) is 5.62. The highest BCUT2D eigenvalue weighted by Crippen LogP contribution is 2.33. The van der Waals surface area contributed by atoms with Crippen LogP contribution < -0.4 is 0 Å². The van der Waals surface area contributed by atoms with Crippen LogP contribution in [0.15, 0.2) is 11.4 Å². The second-order valence-corrected chi connectivity index (χ2v) is 7.85. The Balaban J connectivity index is 2.47. The molecule has 0 aliphatic rings. The molecule has 0 saturated carbocycles. The Morgan fingerprint density at radius 1 is 1.24 bits per heavy atom. The summed E-state index contributed by atoms with van der Waals surface area (Å²) in [6.07, 6.45) is -2.13. The molecule has 0 spiro atoms. The van der Waals surface area contributed by atoms with Crippen molar-refractivity contribution in [2.45, 2.75) is 57.2 Å². The largest absolute Gasteiger partial charge is 0.433 e. The van der Waals surface area contributed by atoms with Crippen molar-refractivity contribution in [2.75, 3.05) is 0 Å². The van der Waals surface area contributed by atoms with E-state index in [4.69, 9.17) is 0 Å². The summed E-state index contributed by atoms with van der Waals surface area (Å²) in [6.45, 7) is 5.86. The topological polar surface area (TPSA) is 69.8 Å². The Morgan fingerprint density at radius 2 is 1.88 bits per heavy atom. The van der Waals surface area contributed by atoms with Crippen molar-refractivity contribution in [1.82, 2.24) is 19.3 Å². The minimum atomic E-state index is -4.68. The number of imidazole rings is 1. The zero-order valence-electron chi connectivity index (χ0n) is 14.6. The Labute approximate surface area is 144 Å². The molecule has 6 nitrogen and oxygen atoms in total. The standard InChI is InChI=1S/C15H21F3N4O2S/c1-5-6-7-22-11(3)10(2)20-14(22)25(23,24)9-12-8-19-21(4)13(12)15(16,17)18/h8H,5-7,9H2,1-4H3. The molecule has 140 valence electrons. The van der Waals surface area contributed by atoms with Crippen molar-refractivity contribution in [3.8, 4) is 0 Å². The maximum absolute atomic E-state index is 13.2. The van der Waals surface area contributed by atoms with Gasteiger partial charge in [-0.05, 0) is 20.3 Å². The highest BCUT2D eigenvalue weighted by molar-refractivity contribution is 7.90. The summed E-state index contributed by atoms with van der Waals surface area (Å²) >= 11 is 0. The van der Waals surface area contributed by atoms with Crippen LogP contribution >= 0.6 is 0 Å². The van der Waals surface area contributed by atoms with E-state index < -0.39 is 27.5 Å². The molecule has 0 aromatic carbocycles. The number of aromatic nitrogens is 4. The van der Waals surface area contributed by atoms with Gasteiger partial charge in [-0.2, -0.15) is 18.3 Å². The van der Waals surface area contributed by atoms with Crippen LogP contribution in [0.25, 0.3) is 0 Å². The summed E-state index contributed by atoms with van der Waals surface area (Å²) in [4.78, 5) is 4.10. The zero-order valence-corrected chi connectivity index (χ0v) is 15.4. The fraction of sp³-hybridized carbons (Fsp3) is 0.600. The second kappa shape index (κ2) is 6.81. The number of hydrogen-bond acceptors (Lipinski definition) is 4. The van der Waals surface area contributed by atoms with Gasteiger partial charge in [0.1, 0.15) is 5.69 Å². The minimum Gasteiger partial charge on any atom is -0.319 e. The lowest BCUT2D eigenvalue weighted by Crippen LogP contribution is -2.18. The quantitative estimate of drug-likeness (QED) is 0.775. The van der Waals surface area contributed by atoms with Gasteiger partial charge < -0.3 is 4.57 Å². The maximum Gasteiger partial charge on any atom is 0.433 e. The fourth-order valence-corrected chi connectivity index (χ4v) is 4.25. The molecule has 2 aromatic rings. The number of unbranched alkanes of at least 4 members (excludes halogenated alkanes) is 1. The lowest BCUT2D eigenvalue weighted by molar-refractivity contribution is -0.144. The van der Waals surface area contributed by atoms with Crippen LogP contribution in [0.4, 0.5) is 13.2 Å². The summed E-state index contributed by atoms with van der Waals surface area (Å²) in [5.41, 5.74) is -0.183. The molecule has 0 atom stereocenters. The lowest BCUT2D eigenvalue weighted by atomic mass is 10.3. The highest BCUT2D eigenvalue weighted by atomic mass is 32.2. The van der Waals surface area contributed by atoms with Crippen LogP contribution in [0.2, 0.25) is 0 Å². The predicted molar refractivity (Wildman–Crippen MR) is 85.7 cm³/mol. The first-order chi connectivity index (χ1) is 11.5. The Kier molecular flexibility index (Phi) is 5.31. The number of hydrogen-bond donors (Lipinski definition) is 0. The molecule has 0 saturated heterocycles. The molecule has 10 heteroatoms. The van der Waals surface area contributed by atoms with Gasteiger partial charge in [0.2, 0.25) is 15.0 Å². The van der Waals surface area contributed by atoms with Gasteiger partial charge in [0.15, 0.2) is 0 Å². The number of alkyl halides is 3. The van der Waals surface area contributed by atoms with Gasteiger partial charge in [0, 0.05) is 24.8 Å². The van der Waals surface area contributed by atoms with Gasteiger partial charge in [-0.15, -0.1) is 0 Å². The van der Waals surface area contributed by atoms with Crippen molar-refractivity contribution >= 4 is 9.84 Å². The maximum atomic E-state index is 13.2. The van der Waals surface area contributed by atoms with E-state index in [0.29, 0.717) is 22.6 Å². The van der Waals surface area contributed by atoms with E-state index in [1.54, 1.807) is 18.4 Å². The zero-order chi connectivity index (χ0) is 19.0. The van der Waals surface area contributed by atoms with Crippen LogP contribution in [0.1, 0.15) is 42.4 Å². The van der Waals surface area contributed by atoms with Crippen LogP contribution in [-0.2, 0) is 35.4 Å². The third-order valence-electron chi connectivity index (χ3n) is 4.06. The predicted octanol–water partition coefficient (Wildman–Crippen LogP) is 3.03. The van der Waals surface area contributed by atoms with Gasteiger partial charge >= 0.3 is 6.18 Å². The molecule has 0 radical (unpaired) electrons. The molecule has 2 heterocycles. The number of sulfone groups is 1. The molecule has 2 aromatic heterocycles. The van der Waals surface area contributed by atoms with Crippen LogP contribution in [0.3, 0.4) is 0 Å². The van der Waals surface area contributed by atoms with Gasteiger partial charge in [0.05, 0.1) is 17.6 Å². The molecule has 25 heavy (non-hydrogen) atoms. The van der Waals surface area contributed by atoms with Gasteiger partial charge in [-0.25, -0.2) is 13.4 Å². The molecular weight excluding hydrogens is 357 g/mol. The normalized spacial score (nSPS) is 12.8. The van der Waals surface area contributed by atoms with Gasteiger partial charge in [-0.1, -0.05) is 13.3 Å². The number of nitrogens with zero attached hydrogens (tertiary/aromatic N) is 4. The monoisotopic (exact) mass is 378 g/mol. The van der Waals surface area contributed by atoms with E-state index in [2.05, 4.69) is 10.1 Å². The summed E-state index contributed by atoms with van der Waals surface area (Å²) in [5, 5.41) is 3.37. The molecule has 0 bridgehead atoms. The first kappa shape index (κ1) is 19.5. The third kappa shape index (κ3) is 3.88. The smallest absolute Gasteiger partial charge is 0.319 e. The molecular formula is C15H21F3N4O2S. The number of aryl methyl sites for hydroxylation is 2. The van der Waals surface area contributed by atoms with E-state index in [0.717, 1.165) is 26.1 Å². The Bertz CT molecular complexity index is 866. The SMILES string of the molecule is CCCCn1c(S(=O)(=O)Cc2cnn(C)c2C(F)(F)F)nc(C)c1C. The van der Waals surface area contributed by atoms with Gasteiger partial charge in [0.25, 0.3) is 0 Å². The number of halogens is 3. The first-order valence-corrected chi connectivity index (χ1v) is 9.48. The molecule has 2 rings (SSSR count). The fourth-order valence-electron chi connectivity index (χ4n) is 2.66. The highest BCUT2D eigenvalue weighted by Gasteiger charge is 2.39. The van der Waals surface area contributed by atoms with Crippen molar-refractivity contribution in [3.63, 3.8) is 0 Å². The lowest BCUT2D eigenvalue weighted by Gasteiger charge is -2.12. The summed E-state index contributed by atoms with van der Waals surface area (Å²) in [5.74, 6) is -0.794. The van der Waals surface area contributed by atoms with Crippen LogP contribution in [0, 0.1) is 13.8 Å². The van der Waals surface area contributed by atoms with Crippen molar-refractivity contribution < 1.29 is 21.6 Å². The average Bonchev–Trinajstić information content (AvgIpc) is 2.98. The molecule has 0 amide bonds. The van der Waals surface area contributed by atoms with E-state index in [1.165, 1.54) is 0 Å². The van der Waals surface area contributed by atoms with E-state index in [9.17, 15) is 21.6 Å². The second-order valence-electron chi connectivity index (χ2n) is 5.97. The van der Waals surface area contributed by atoms with Crippen molar-refractivity contribution in [2.24, 2.45) is 7.05 Å². The van der Waals surface area contributed by atoms with E-state index >= 15 is 0 Å². The molecule has 0 aliphatic carbocycles. The van der Waals surface area contributed by atoms with Gasteiger partial charge in [-0.3, -0.25) is 4.68 Å². The summed E-state index contributed by atoms with van der Waals surface area (Å²) in [6, 6.07) is 0. The van der Waals surface area contributed by atoms with E-state index in [1.807, 2.05) is 6.92 Å². The molecule has 0 unspecified atom stereocenters. The Hall–Kier alpha value is -1.84. The first-order valence-electron chi connectivity index (χ1n) is 7.83. The molecule has 0 fully saturated rings. The minimum absolute atomic E-state index is 0.187. The molecule has 0 aliphatic heterocycles. The van der Waals surface area contributed by atoms with Crippen LogP contribution in [0.5, 0.6) is 0 Å².